The zero-order valence-electron chi connectivity index (χ0n) is 12.1. The summed E-state index contributed by atoms with van der Waals surface area (Å²) >= 11 is 0. The van der Waals surface area contributed by atoms with Crippen LogP contribution in [0.4, 0.5) is 5.82 Å². The molecule has 2 rings (SSSR count). The molecule has 2 aromatic rings. The van der Waals surface area contributed by atoms with Gasteiger partial charge in [0.15, 0.2) is 0 Å². The molecule has 0 amide bonds. The molecule has 0 spiro atoms. The van der Waals surface area contributed by atoms with Gasteiger partial charge >= 0.3 is 0 Å². The van der Waals surface area contributed by atoms with Crippen molar-refractivity contribution in [1.29, 1.82) is 0 Å². The molecule has 0 saturated carbocycles. The smallest absolute Gasteiger partial charge is 0.147 e. The standard InChI is InChI=1S/C14H20N6/c1-9-6-10(2)18-14(17-9)8-16-13-7-12(4-5-15)19-11(3)20-13/h6-7H,4-5,8,15H2,1-3H3,(H,16,19,20). The average molecular weight is 272 g/mol. The maximum absolute atomic E-state index is 5.56. The van der Waals surface area contributed by atoms with Crippen LogP contribution in [0.3, 0.4) is 0 Å². The van der Waals surface area contributed by atoms with Crippen molar-refractivity contribution in [2.75, 3.05) is 11.9 Å². The summed E-state index contributed by atoms with van der Waals surface area (Å²) < 4.78 is 0. The van der Waals surface area contributed by atoms with Gasteiger partial charge in [0.25, 0.3) is 0 Å². The molecule has 0 unspecified atom stereocenters. The van der Waals surface area contributed by atoms with Crippen molar-refractivity contribution >= 4 is 5.82 Å². The van der Waals surface area contributed by atoms with Crippen molar-refractivity contribution in [2.45, 2.75) is 33.7 Å². The molecule has 20 heavy (non-hydrogen) atoms. The van der Waals surface area contributed by atoms with Crippen LogP contribution in [0.5, 0.6) is 0 Å². The van der Waals surface area contributed by atoms with E-state index in [0.717, 1.165) is 41.0 Å². The maximum atomic E-state index is 5.56. The van der Waals surface area contributed by atoms with Crippen LogP contribution in [-0.4, -0.2) is 26.5 Å². The minimum absolute atomic E-state index is 0.543. The number of aryl methyl sites for hydroxylation is 3. The highest BCUT2D eigenvalue weighted by molar-refractivity contribution is 5.36. The van der Waals surface area contributed by atoms with E-state index < -0.39 is 0 Å². The minimum atomic E-state index is 0.543. The quantitative estimate of drug-likeness (QED) is 0.853. The van der Waals surface area contributed by atoms with E-state index in [2.05, 4.69) is 25.3 Å². The molecule has 3 N–H and O–H groups in total. The van der Waals surface area contributed by atoms with Crippen molar-refractivity contribution in [1.82, 2.24) is 19.9 Å². The van der Waals surface area contributed by atoms with Gasteiger partial charge in [-0.15, -0.1) is 0 Å². The molecule has 0 aliphatic rings. The highest BCUT2D eigenvalue weighted by Crippen LogP contribution is 2.08. The van der Waals surface area contributed by atoms with Gasteiger partial charge in [0.1, 0.15) is 17.5 Å². The summed E-state index contributed by atoms with van der Waals surface area (Å²) in [6, 6.07) is 3.88. The molecule has 0 fully saturated rings. The Morgan fingerprint density at radius 2 is 1.70 bits per heavy atom. The minimum Gasteiger partial charge on any atom is -0.363 e. The summed E-state index contributed by atoms with van der Waals surface area (Å²) in [5.41, 5.74) is 8.45. The zero-order valence-corrected chi connectivity index (χ0v) is 12.1. The predicted molar refractivity (Wildman–Crippen MR) is 78.4 cm³/mol. The Bertz CT molecular complexity index is 576. The van der Waals surface area contributed by atoms with Crippen LogP contribution in [0.1, 0.15) is 28.7 Å². The lowest BCUT2D eigenvalue weighted by Gasteiger charge is -2.08. The number of hydrogen-bond donors (Lipinski definition) is 2. The molecular formula is C14H20N6. The maximum Gasteiger partial charge on any atom is 0.147 e. The fourth-order valence-electron chi connectivity index (χ4n) is 2.04. The largest absolute Gasteiger partial charge is 0.363 e. The highest BCUT2D eigenvalue weighted by atomic mass is 15.1. The SMILES string of the molecule is Cc1cc(C)nc(CNc2cc(CCN)nc(C)n2)n1. The Kier molecular flexibility index (Phi) is 4.57. The summed E-state index contributed by atoms with van der Waals surface area (Å²) in [5.74, 6) is 2.28. The van der Waals surface area contributed by atoms with E-state index in [-0.39, 0.29) is 0 Å². The van der Waals surface area contributed by atoms with Gasteiger partial charge in [-0.3, -0.25) is 0 Å². The number of nitrogens with one attached hydrogen (secondary N) is 1. The van der Waals surface area contributed by atoms with Crippen LogP contribution in [0.25, 0.3) is 0 Å². The molecule has 0 saturated heterocycles. The molecule has 0 atom stereocenters. The highest BCUT2D eigenvalue weighted by Gasteiger charge is 2.03. The summed E-state index contributed by atoms with van der Waals surface area (Å²) in [7, 11) is 0. The van der Waals surface area contributed by atoms with Gasteiger partial charge in [-0.25, -0.2) is 19.9 Å². The molecule has 2 heterocycles. The second-order valence-corrected chi connectivity index (χ2v) is 4.75. The van der Waals surface area contributed by atoms with Gasteiger partial charge in [0.05, 0.1) is 6.54 Å². The first-order valence-corrected chi connectivity index (χ1v) is 6.66. The molecule has 2 aromatic heterocycles. The van der Waals surface area contributed by atoms with Crippen LogP contribution in [0, 0.1) is 20.8 Å². The van der Waals surface area contributed by atoms with E-state index in [0.29, 0.717) is 13.1 Å². The van der Waals surface area contributed by atoms with Gasteiger partial charge in [0, 0.05) is 29.6 Å². The van der Waals surface area contributed by atoms with Crippen molar-refractivity contribution in [3.05, 3.63) is 40.9 Å². The van der Waals surface area contributed by atoms with Crippen molar-refractivity contribution in [3.8, 4) is 0 Å². The van der Waals surface area contributed by atoms with Crippen LogP contribution in [0.15, 0.2) is 12.1 Å². The molecule has 6 nitrogen and oxygen atoms in total. The van der Waals surface area contributed by atoms with E-state index in [4.69, 9.17) is 5.73 Å². The van der Waals surface area contributed by atoms with Crippen LogP contribution in [0.2, 0.25) is 0 Å². The normalized spacial score (nSPS) is 10.6. The first-order chi connectivity index (χ1) is 9.56. The van der Waals surface area contributed by atoms with E-state index in [1.807, 2.05) is 32.9 Å². The van der Waals surface area contributed by atoms with Crippen molar-refractivity contribution in [2.24, 2.45) is 5.73 Å². The lowest BCUT2D eigenvalue weighted by molar-refractivity contribution is 0.871. The van der Waals surface area contributed by atoms with E-state index in [1.54, 1.807) is 0 Å². The number of rotatable bonds is 5. The van der Waals surface area contributed by atoms with Gasteiger partial charge in [0.2, 0.25) is 0 Å². The Hall–Kier alpha value is -2.08. The second-order valence-electron chi connectivity index (χ2n) is 4.75. The Balaban J connectivity index is 2.10. The first kappa shape index (κ1) is 14.3. The molecule has 0 aliphatic heterocycles. The second kappa shape index (κ2) is 6.38. The number of nitrogens with two attached hydrogens (primary N) is 1. The number of nitrogens with zero attached hydrogens (tertiary/aromatic N) is 4. The zero-order chi connectivity index (χ0) is 14.5. The Morgan fingerprint density at radius 1 is 1.00 bits per heavy atom. The number of aromatic nitrogens is 4. The third-order valence-electron chi connectivity index (χ3n) is 2.75. The predicted octanol–water partition coefficient (Wildman–Crippen LogP) is 1.31. The van der Waals surface area contributed by atoms with Crippen molar-refractivity contribution in [3.63, 3.8) is 0 Å². The fraction of sp³-hybridized carbons (Fsp3) is 0.429. The third-order valence-corrected chi connectivity index (χ3v) is 2.75. The average Bonchev–Trinajstić information content (AvgIpc) is 2.35. The number of anilines is 1. The van der Waals surface area contributed by atoms with Crippen LogP contribution < -0.4 is 11.1 Å². The summed E-state index contributed by atoms with van der Waals surface area (Å²) in [5, 5.41) is 3.24. The lowest BCUT2D eigenvalue weighted by Crippen LogP contribution is -2.10. The van der Waals surface area contributed by atoms with Crippen molar-refractivity contribution < 1.29 is 0 Å². The molecule has 0 aliphatic carbocycles. The Labute approximate surface area is 118 Å². The lowest BCUT2D eigenvalue weighted by atomic mass is 10.3. The van der Waals surface area contributed by atoms with Gasteiger partial charge in [-0.2, -0.15) is 0 Å². The van der Waals surface area contributed by atoms with E-state index in [1.165, 1.54) is 0 Å². The monoisotopic (exact) mass is 272 g/mol. The number of hydrogen-bond acceptors (Lipinski definition) is 6. The summed E-state index contributed by atoms with van der Waals surface area (Å²) in [4.78, 5) is 17.5. The molecule has 0 radical (unpaired) electrons. The Morgan fingerprint density at radius 3 is 2.35 bits per heavy atom. The van der Waals surface area contributed by atoms with E-state index >= 15 is 0 Å². The van der Waals surface area contributed by atoms with Crippen LogP contribution in [-0.2, 0) is 13.0 Å². The van der Waals surface area contributed by atoms with Gasteiger partial charge in [-0.1, -0.05) is 0 Å². The van der Waals surface area contributed by atoms with Crippen LogP contribution >= 0.6 is 0 Å². The molecular weight excluding hydrogens is 252 g/mol. The molecule has 0 bridgehead atoms. The van der Waals surface area contributed by atoms with Gasteiger partial charge in [-0.05, 0) is 33.4 Å². The topological polar surface area (TPSA) is 89.6 Å². The molecule has 0 aromatic carbocycles. The fourth-order valence-corrected chi connectivity index (χ4v) is 2.04. The summed E-state index contributed by atoms with van der Waals surface area (Å²) in [6.07, 6.45) is 0.748. The van der Waals surface area contributed by atoms with E-state index in [9.17, 15) is 0 Å². The molecule has 106 valence electrons. The van der Waals surface area contributed by atoms with Gasteiger partial charge < -0.3 is 11.1 Å². The summed E-state index contributed by atoms with van der Waals surface area (Å²) in [6.45, 7) is 6.92. The molecule has 6 heteroatoms. The third kappa shape index (κ3) is 3.96. The first-order valence-electron chi connectivity index (χ1n) is 6.66.